The molecule has 0 aliphatic heterocycles. The molecule has 0 heterocycles. The van der Waals surface area contributed by atoms with Crippen LogP contribution in [0.1, 0.15) is 44.3 Å². The number of benzene rings is 2. The van der Waals surface area contributed by atoms with Crippen LogP contribution in [0.4, 0.5) is 0 Å². The molecular weight excluding hydrogens is 264 g/mol. The molecule has 21 heavy (non-hydrogen) atoms. The van der Waals surface area contributed by atoms with Crippen molar-refractivity contribution in [2.45, 2.75) is 20.8 Å². The number of esters is 1. The molecule has 0 fully saturated rings. The van der Waals surface area contributed by atoms with Gasteiger partial charge < -0.3 is 4.74 Å². The van der Waals surface area contributed by atoms with Crippen LogP contribution in [0.3, 0.4) is 0 Å². The van der Waals surface area contributed by atoms with E-state index in [-0.39, 0.29) is 12.4 Å². The lowest BCUT2D eigenvalue weighted by Crippen LogP contribution is -2.13. The largest absolute Gasteiger partial charge is 0.462 e. The van der Waals surface area contributed by atoms with Crippen LogP contribution in [0.15, 0.2) is 42.5 Å². The fraction of sp³-hybridized carbons (Fsp3) is 0.222. The van der Waals surface area contributed by atoms with Gasteiger partial charge in [0.1, 0.15) is 0 Å². The highest BCUT2D eigenvalue weighted by molar-refractivity contribution is 6.14. The molecule has 3 nitrogen and oxygen atoms in total. The van der Waals surface area contributed by atoms with Crippen molar-refractivity contribution in [1.29, 1.82) is 0 Å². The van der Waals surface area contributed by atoms with Crippen LogP contribution in [-0.4, -0.2) is 18.4 Å². The Morgan fingerprint density at radius 1 is 0.905 bits per heavy atom. The van der Waals surface area contributed by atoms with Crippen LogP contribution >= 0.6 is 0 Å². The molecule has 0 radical (unpaired) electrons. The first kappa shape index (κ1) is 15.0. The van der Waals surface area contributed by atoms with Crippen molar-refractivity contribution >= 4 is 11.8 Å². The third-order valence-corrected chi connectivity index (χ3v) is 3.23. The van der Waals surface area contributed by atoms with E-state index in [0.717, 1.165) is 11.1 Å². The van der Waals surface area contributed by atoms with Gasteiger partial charge in [0.25, 0.3) is 0 Å². The molecule has 0 aliphatic carbocycles. The third-order valence-electron chi connectivity index (χ3n) is 3.23. The van der Waals surface area contributed by atoms with Gasteiger partial charge in [0.2, 0.25) is 0 Å². The molecule has 0 saturated carbocycles. The Bertz CT molecular complexity index is 669. The summed E-state index contributed by atoms with van der Waals surface area (Å²) in [7, 11) is 0. The zero-order valence-electron chi connectivity index (χ0n) is 12.5. The molecule has 0 amide bonds. The highest BCUT2D eigenvalue weighted by Gasteiger charge is 2.19. The molecule has 0 saturated heterocycles. The summed E-state index contributed by atoms with van der Waals surface area (Å²) >= 11 is 0. The minimum Gasteiger partial charge on any atom is -0.462 e. The average Bonchev–Trinajstić information content (AvgIpc) is 2.47. The number of carbonyl (C=O) groups excluding carboxylic acids is 2. The highest BCUT2D eigenvalue weighted by Crippen LogP contribution is 2.18. The van der Waals surface area contributed by atoms with E-state index in [4.69, 9.17) is 4.74 Å². The number of hydrogen-bond acceptors (Lipinski definition) is 3. The standard InChI is InChI=1S/C18H18O3/c1-4-21-18(20)15-10-7-13(3)11-16(15)17(19)14-8-5-12(2)6-9-14/h5-11H,4H2,1-3H3. The number of hydrogen-bond donors (Lipinski definition) is 0. The lowest BCUT2D eigenvalue weighted by Gasteiger charge is -2.09. The van der Waals surface area contributed by atoms with Crippen molar-refractivity contribution < 1.29 is 14.3 Å². The second-order valence-electron chi connectivity index (χ2n) is 4.96. The molecule has 0 aliphatic rings. The van der Waals surface area contributed by atoms with E-state index in [2.05, 4.69) is 0 Å². The first-order valence-corrected chi connectivity index (χ1v) is 6.92. The van der Waals surface area contributed by atoms with Crippen molar-refractivity contribution in [2.75, 3.05) is 6.61 Å². The molecule has 0 bridgehead atoms. The highest BCUT2D eigenvalue weighted by atomic mass is 16.5. The maximum atomic E-state index is 12.6. The third kappa shape index (κ3) is 3.37. The van der Waals surface area contributed by atoms with Gasteiger partial charge in [0, 0.05) is 11.1 Å². The van der Waals surface area contributed by atoms with Gasteiger partial charge in [-0.1, -0.05) is 41.5 Å². The number of rotatable bonds is 4. The molecule has 2 aromatic carbocycles. The summed E-state index contributed by atoms with van der Waals surface area (Å²) < 4.78 is 5.02. The summed E-state index contributed by atoms with van der Waals surface area (Å²) in [5.41, 5.74) is 3.28. The predicted octanol–water partition coefficient (Wildman–Crippen LogP) is 3.71. The fourth-order valence-corrected chi connectivity index (χ4v) is 2.09. The monoisotopic (exact) mass is 282 g/mol. The Hall–Kier alpha value is -2.42. The quantitative estimate of drug-likeness (QED) is 0.634. The van der Waals surface area contributed by atoms with Crippen LogP contribution in [0.25, 0.3) is 0 Å². The zero-order chi connectivity index (χ0) is 15.4. The number of aryl methyl sites for hydroxylation is 2. The van der Waals surface area contributed by atoms with Crippen LogP contribution in [-0.2, 0) is 4.74 Å². The molecule has 3 heteroatoms. The van der Waals surface area contributed by atoms with Gasteiger partial charge in [0.15, 0.2) is 5.78 Å². The van der Waals surface area contributed by atoms with E-state index in [0.29, 0.717) is 16.7 Å². The maximum Gasteiger partial charge on any atom is 0.338 e. The zero-order valence-corrected chi connectivity index (χ0v) is 12.5. The van der Waals surface area contributed by atoms with Crippen LogP contribution in [0, 0.1) is 13.8 Å². The van der Waals surface area contributed by atoms with Crippen molar-refractivity contribution in [3.05, 3.63) is 70.3 Å². The Balaban J connectivity index is 2.46. The molecule has 0 aromatic heterocycles. The van der Waals surface area contributed by atoms with Gasteiger partial charge in [0.05, 0.1) is 12.2 Å². The van der Waals surface area contributed by atoms with E-state index >= 15 is 0 Å². The molecule has 0 N–H and O–H groups in total. The molecule has 108 valence electrons. The SMILES string of the molecule is CCOC(=O)c1ccc(C)cc1C(=O)c1ccc(C)cc1. The molecule has 0 spiro atoms. The Morgan fingerprint density at radius 3 is 2.14 bits per heavy atom. The topological polar surface area (TPSA) is 43.4 Å². The lowest BCUT2D eigenvalue weighted by atomic mass is 9.96. The van der Waals surface area contributed by atoms with Crippen molar-refractivity contribution in [3.8, 4) is 0 Å². The van der Waals surface area contributed by atoms with E-state index in [1.165, 1.54) is 0 Å². The van der Waals surface area contributed by atoms with Gasteiger partial charge in [-0.25, -0.2) is 4.79 Å². The summed E-state index contributed by atoms with van der Waals surface area (Å²) in [6.07, 6.45) is 0. The molecule has 0 unspecified atom stereocenters. The molecule has 0 atom stereocenters. The van der Waals surface area contributed by atoms with Gasteiger partial charge in [-0.3, -0.25) is 4.79 Å². The van der Waals surface area contributed by atoms with E-state index in [9.17, 15) is 9.59 Å². The van der Waals surface area contributed by atoms with Gasteiger partial charge in [-0.2, -0.15) is 0 Å². The van der Waals surface area contributed by atoms with E-state index in [1.807, 2.05) is 26.0 Å². The number of ketones is 1. The minimum absolute atomic E-state index is 0.165. The summed E-state index contributed by atoms with van der Waals surface area (Å²) in [6, 6.07) is 12.5. The van der Waals surface area contributed by atoms with Crippen molar-refractivity contribution in [3.63, 3.8) is 0 Å². The first-order chi connectivity index (χ1) is 10.0. The Morgan fingerprint density at radius 2 is 1.52 bits per heavy atom. The van der Waals surface area contributed by atoms with Crippen LogP contribution < -0.4 is 0 Å². The number of ether oxygens (including phenoxy) is 1. The maximum absolute atomic E-state index is 12.6. The number of carbonyl (C=O) groups is 2. The van der Waals surface area contributed by atoms with E-state index in [1.54, 1.807) is 37.3 Å². The average molecular weight is 282 g/mol. The Labute approximate surface area is 124 Å². The Kier molecular flexibility index (Phi) is 4.53. The predicted molar refractivity (Wildman–Crippen MR) is 81.7 cm³/mol. The van der Waals surface area contributed by atoms with Crippen molar-refractivity contribution in [2.24, 2.45) is 0 Å². The first-order valence-electron chi connectivity index (χ1n) is 6.92. The second-order valence-corrected chi connectivity index (χ2v) is 4.96. The molecular formula is C18H18O3. The minimum atomic E-state index is -0.465. The van der Waals surface area contributed by atoms with Gasteiger partial charge in [-0.15, -0.1) is 0 Å². The smallest absolute Gasteiger partial charge is 0.338 e. The van der Waals surface area contributed by atoms with Gasteiger partial charge >= 0.3 is 5.97 Å². The fourth-order valence-electron chi connectivity index (χ4n) is 2.09. The summed E-state index contributed by atoms with van der Waals surface area (Å²) in [4.78, 5) is 24.6. The van der Waals surface area contributed by atoms with Gasteiger partial charge in [-0.05, 0) is 32.9 Å². The molecule has 2 rings (SSSR count). The van der Waals surface area contributed by atoms with E-state index < -0.39 is 5.97 Å². The van der Waals surface area contributed by atoms with Crippen LogP contribution in [0.2, 0.25) is 0 Å². The second kappa shape index (κ2) is 6.35. The summed E-state index contributed by atoms with van der Waals surface area (Å²) in [5, 5.41) is 0. The normalized spacial score (nSPS) is 10.2. The molecule has 2 aromatic rings. The summed E-state index contributed by atoms with van der Waals surface area (Å²) in [6.45, 7) is 5.88. The van der Waals surface area contributed by atoms with Crippen LogP contribution in [0.5, 0.6) is 0 Å². The lowest BCUT2D eigenvalue weighted by molar-refractivity contribution is 0.0523. The van der Waals surface area contributed by atoms with Crippen molar-refractivity contribution in [1.82, 2.24) is 0 Å². The summed E-state index contributed by atoms with van der Waals surface area (Å²) in [5.74, 6) is -0.630.